The molecule has 1 atom stereocenters. The van der Waals surface area contributed by atoms with Crippen molar-refractivity contribution >= 4 is 38.0 Å². The lowest BCUT2D eigenvalue weighted by atomic mass is 9.96. The summed E-state index contributed by atoms with van der Waals surface area (Å²) in [5.74, 6) is 0.831. The van der Waals surface area contributed by atoms with E-state index in [0.717, 1.165) is 45.3 Å². The highest BCUT2D eigenvalue weighted by atomic mass is 79.9. The van der Waals surface area contributed by atoms with E-state index in [9.17, 15) is 9.59 Å². The van der Waals surface area contributed by atoms with Gasteiger partial charge in [-0.25, -0.2) is 4.98 Å². The molecule has 2 aromatic carbocycles. The Bertz CT molecular complexity index is 1250. The van der Waals surface area contributed by atoms with E-state index in [0.29, 0.717) is 11.9 Å². The van der Waals surface area contributed by atoms with Crippen LogP contribution in [0.15, 0.2) is 50.5 Å². The molecular formula is C19H15BrN4O2. The quantitative estimate of drug-likeness (QED) is 0.498. The van der Waals surface area contributed by atoms with Gasteiger partial charge >= 0.3 is 11.1 Å². The van der Waals surface area contributed by atoms with E-state index in [1.807, 2.05) is 36.4 Å². The molecule has 26 heavy (non-hydrogen) atoms. The fraction of sp³-hybridized carbons (Fsp3) is 0.211. The van der Waals surface area contributed by atoms with Gasteiger partial charge in [-0.1, -0.05) is 28.1 Å². The van der Waals surface area contributed by atoms with Crippen molar-refractivity contribution in [2.45, 2.75) is 25.3 Å². The average molecular weight is 411 g/mol. The molecule has 0 spiro atoms. The molecule has 0 saturated carbocycles. The number of H-pyrrole nitrogens is 2. The molecule has 2 aromatic heterocycles. The maximum Gasteiger partial charge on any atom is 0.317 e. The van der Waals surface area contributed by atoms with Crippen LogP contribution in [0.4, 0.5) is 0 Å². The van der Waals surface area contributed by atoms with Crippen molar-refractivity contribution in [3.05, 3.63) is 73.0 Å². The Morgan fingerprint density at radius 2 is 2.00 bits per heavy atom. The number of hydrogen-bond acceptors (Lipinski definition) is 3. The molecule has 3 heterocycles. The van der Waals surface area contributed by atoms with E-state index >= 15 is 0 Å². The summed E-state index contributed by atoms with van der Waals surface area (Å²) < 4.78 is 2.56. The number of fused-ring (bicyclic) bond motifs is 1. The van der Waals surface area contributed by atoms with Crippen LogP contribution in [0.1, 0.15) is 23.9 Å². The first kappa shape index (κ1) is 15.6. The molecule has 1 aliphatic heterocycles. The Labute approximate surface area is 156 Å². The molecule has 130 valence electrons. The van der Waals surface area contributed by atoms with Gasteiger partial charge in [-0.05, 0) is 42.7 Å². The second-order valence-electron chi connectivity index (χ2n) is 6.69. The molecule has 0 amide bonds. The van der Waals surface area contributed by atoms with Crippen molar-refractivity contribution in [3.63, 3.8) is 0 Å². The van der Waals surface area contributed by atoms with E-state index in [1.165, 1.54) is 0 Å². The minimum absolute atomic E-state index is 0.0958. The molecular weight excluding hydrogens is 396 g/mol. The number of hydrogen-bond donors (Lipinski definition) is 2. The molecule has 1 unspecified atom stereocenters. The van der Waals surface area contributed by atoms with Crippen molar-refractivity contribution in [1.29, 1.82) is 0 Å². The second-order valence-corrected chi connectivity index (χ2v) is 7.60. The van der Waals surface area contributed by atoms with Gasteiger partial charge < -0.3 is 9.97 Å². The van der Waals surface area contributed by atoms with E-state index in [-0.39, 0.29) is 6.04 Å². The third-order valence-electron chi connectivity index (χ3n) is 5.04. The molecule has 1 aliphatic rings. The fourth-order valence-corrected chi connectivity index (χ4v) is 4.44. The van der Waals surface area contributed by atoms with Crippen molar-refractivity contribution in [2.24, 2.45) is 0 Å². The normalized spacial score (nSPS) is 16.4. The van der Waals surface area contributed by atoms with Gasteiger partial charge in [-0.15, -0.1) is 0 Å². The van der Waals surface area contributed by atoms with Crippen molar-refractivity contribution in [3.8, 4) is 0 Å². The lowest BCUT2D eigenvalue weighted by Gasteiger charge is -2.27. The molecule has 0 bridgehead atoms. The highest BCUT2D eigenvalue weighted by Gasteiger charge is 2.25. The monoisotopic (exact) mass is 410 g/mol. The van der Waals surface area contributed by atoms with Crippen LogP contribution < -0.4 is 11.1 Å². The Morgan fingerprint density at radius 3 is 2.85 bits per heavy atom. The summed E-state index contributed by atoms with van der Waals surface area (Å²) in [6.07, 6.45) is 2.23. The molecule has 4 aromatic rings. The lowest BCUT2D eigenvalue weighted by Crippen LogP contribution is -2.40. The van der Waals surface area contributed by atoms with Crippen molar-refractivity contribution < 1.29 is 0 Å². The third kappa shape index (κ3) is 2.34. The van der Waals surface area contributed by atoms with Crippen molar-refractivity contribution in [1.82, 2.24) is 19.5 Å². The third-order valence-corrected chi connectivity index (χ3v) is 5.49. The minimum Gasteiger partial charge on any atom is -0.342 e. The number of imidazole rings is 1. The predicted molar refractivity (Wildman–Crippen MR) is 104 cm³/mol. The number of benzene rings is 2. The smallest absolute Gasteiger partial charge is 0.317 e. The Hall–Kier alpha value is -2.67. The largest absolute Gasteiger partial charge is 0.342 e. The number of rotatable bonds is 2. The average Bonchev–Trinajstić information content (AvgIpc) is 3.02. The standard InChI is InChI=1S/C19H15BrN4O2/c20-11-7-10-5-6-12(9-16-21-13-3-1-2-4-14(13)22-16)24-17(10)15(8-11)23-18(25)19(24)26/h1-4,7-8,12H,5-6,9H2,(H,21,22)(H,23,25). The van der Waals surface area contributed by atoms with Crippen LogP contribution in [0.25, 0.3) is 22.1 Å². The van der Waals surface area contributed by atoms with Gasteiger partial charge in [0, 0.05) is 16.9 Å². The maximum absolute atomic E-state index is 12.6. The van der Waals surface area contributed by atoms with Crippen molar-refractivity contribution in [2.75, 3.05) is 0 Å². The van der Waals surface area contributed by atoms with Gasteiger partial charge in [0.1, 0.15) is 5.82 Å². The number of nitrogens with zero attached hydrogens (tertiary/aromatic N) is 2. The maximum atomic E-state index is 12.6. The van der Waals surface area contributed by atoms with Crippen LogP contribution >= 0.6 is 15.9 Å². The van der Waals surface area contributed by atoms with Crippen LogP contribution in [-0.4, -0.2) is 19.5 Å². The molecule has 0 fully saturated rings. The summed E-state index contributed by atoms with van der Waals surface area (Å²) in [5.41, 5.74) is 3.39. The molecule has 6 nitrogen and oxygen atoms in total. The summed E-state index contributed by atoms with van der Waals surface area (Å²) in [5, 5.41) is 0. The zero-order valence-corrected chi connectivity index (χ0v) is 15.3. The lowest BCUT2D eigenvalue weighted by molar-refractivity contribution is 0.438. The molecule has 7 heteroatoms. The zero-order valence-electron chi connectivity index (χ0n) is 13.8. The van der Waals surface area contributed by atoms with E-state index < -0.39 is 11.1 Å². The summed E-state index contributed by atoms with van der Waals surface area (Å²) in [6, 6.07) is 11.6. The van der Waals surface area contributed by atoms with Crippen LogP contribution in [0.5, 0.6) is 0 Å². The van der Waals surface area contributed by atoms with Gasteiger partial charge in [0.15, 0.2) is 0 Å². The predicted octanol–water partition coefficient (Wildman–Crippen LogP) is 3.06. The van der Waals surface area contributed by atoms with Crippen LogP contribution in [0.3, 0.4) is 0 Å². The van der Waals surface area contributed by atoms with E-state index in [2.05, 4.69) is 30.9 Å². The number of halogens is 1. The highest BCUT2D eigenvalue weighted by Crippen LogP contribution is 2.32. The first-order chi connectivity index (χ1) is 12.6. The minimum atomic E-state index is -0.585. The van der Waals surface area contributed by atoms with Crippen LogP contribution in [0, 0.1) is 0 Å². The first-order valence-corrected chi connectivity index (χ1v) is 9.30. The number of aromatic nitrogens is 4. The topological polar surface area (TPSA) is 83.5 Å². The Kier molecular flexibility index (Phi) is 3.40. The highest BCUT2D eigenvalue weighted by molar-refractivity contribution is 9.10. The molecule has 2 N–H and O–H groups in total. The second kappa shape index (κ2) is 5.67. The summed E-state index contributed by atoms with van der Waals surface area (Å²) in [4.78, 5) is 35.5. The molecule has 0 aliphatic carbocycles. The number of nitrogens with one attached hydrogen (secondary N) is 2. The fourth-order valence-electron chi connectivity index (χ4n) is 3.93. The molecule has 5 rings (SSSR count). The number of aromatic amines is 2. The SMILES string of the molecule is O=c1[nH]c2cc(Br)cc3c2n(c1=O)C(Cc1nc2ccccc2[nH]1)CC3. The molecule has 0 saturated heterocycles. The van der Waals surface area contributed by atoms with Gasteiger partial charge in [0.05, 0.1) is 22.1 Å². The van der Waals surface area contributed by atoms with Gasteiger partial charge in [-0.3, -0.25) is 14.2 Å². The number of para-hydroxylation sites is 2. The Balaban J connectivity index is 1.68. The van der Waals surface area contributed by atoms with E-state index in [4.69, 9.17) is 0 Å². The summed E-state index contributed by atoms with van der Waals surface area (Å²) in [6.45, 7) is 0. The van der Waals surface area contributed by atoms with Gasteiger partial charge in [0.25, 0.3) is 0 Å². The zero-order chi connectivity index (χ0) is 17.8. The van der Waals surface area contributed by atoms with Crippen LogP contribution in [0.2, 0.25) is 0 Å². The Morgan fingerprint density at radius 1 is 1.15 bits per heavy atom. The molecule has 0 radical (unpaired) electrons. The van der Waals surface area contributed by atoms with Gasteiger partial charge in [-0.2, -0.15) is 0 Å². The first-order valence-electron chi connectivity index (χ1n) is 8.51. The number of aryl methyl sites for hydroxylation is 1. The summed E-state index contributed by atoms with van der Waals surface area (Å²) >= 11 is 3.48. The van der Waals surface area contributed by atoms with Crippen LogP contribution in [-0.2, 0) is 12.8 Å². The van der Waals surface area contributed by atoms with E-state index in [1.54, 1.807) is 4.57 Å². The summed E-state index contributed by atoms with van der Waals surface area (Å²) in [7, 11) is 0. The van der Waals surface area contributed by atoms with Gasteiger partial charge in [0.2, 0.25) is 0 Å².